The van der Waals surface area contributed by atoms with Gasteiger partial charge < -0.3 is 15.1 Å². The van der Waals surface area contributed by atoms with E-state index in [-0.39, 0.29) is 29.6 Å². The highest BCUT2D eigenvalue weighted by Crippen LogP contribution is 2.37. The summed E-state index contributed by atoms with van der Waals surface area (Å²) in [6.07, 6.45) is -2.24. The van der Waals surface area contributed by atoms with Crippen LogP contribution in [0.2, 0.25) is 0 Å². The van der Waals surface area contributed by atoms with E-state index in [1.54, 1.807) is 6.07 Å². The number of fused-ring (bicyclic) bond motifs is 1. The average Bonchev–Trinajstić information content (AvgIpc) is 2.80. The minimum absolute atomic E-state index is 0. The van der Waals surface area contributed by atoms with Gasteiger partial charge in [0.1, 0.15) is 0 Å². The third kappa shape index (κ3) is 5.39. The molecule has 0 bridgehead atoms. The molecule has 196 valence electrons. The summed E-state index contributed by atoms with van der Waals surface area (Å²) in [7, 11) is 4.27. The molecule has 9 heteroatoms. The predicted molar refractivity (Wildman–Crippen MR) is 143 cm³/mol. The van der Waals surface area contributed by atoms with Crippen molar-refractivity contribution in [1.29, 1.82) is 0 Å². The van der Waals surface area contributed by atoms with Crippen LogP contribution in [-0.4, -0.2) is 47.8 Å². The first-order valence-electron chi connectivity index (χ1n) is 12.0. The first kappa shape index (κ1) is 28.0. The molecule has 1 aliphatic heterocycles. The molecule has 0 aliphatic carbocycles. The molecule has 3 aromatic rings. The molecular weight excluding hydrogens is 487 g/mol. The van der Waals surface area contributed by atoms with Crippen molar-refractivity contribution in [2.75, 3.05) is 37.4 Å². The minimum Gasteiger partial charge on any atom is -0.371 e. The Morgan fingerprint density at radius 2 is 1.69 bits per heavy atom. The first-order valence-corrected chi connectivity index (χ1v) is 12.0. The molecule has 0 saturated carbocycles. The Balaban J connectivity index is 0.00000361. The van der Waals surface area contributed by atoms with Crippen LogP contribution in [0, 0.1) is 13.8 Å². The van der Waals surface area contributed by atoms with Crippen LogP contribution >= 0.6 is 12.4 Å². The highest BCUT2D eigenvalue weighted by atomic mass is 35.5. The van der Waals surface area contributed by atoms with Crippen LogP contribution in [0.1, 0.15) is 55.1 Å². The number of halogens is 4. The molecule has 0 unspecified atom stereocenters. The van der Waals surface area contributed by atoms with E-state index in [1.807, 2.05) is 13.8 Å². The number of alkyl halides is 3. The number of anilines is 2. The molecule has 1 atom stereocenters. The third-order valence-electron chi connectivity index (χ3n) is 7.73. The monoisotopic (exact) mass is 521 g/mol. The molecule has 0 amide bonds. The van der Waals surface area contributed by atoms with Crippen LogP contribution in [0.15, 0.2) is 36.4 Å². The van der Waals surface area contributed by atoms with E-state index < -0.39 is 11.7 Å². The molecule has 1 aliphatic rings. The summed E-state index contributed by atoms with van der Waals surface area (Å²) in [4.78, 5) is 4.70. The zero-order valence-corrected chi connectivity index (χ0v) is 22.5. The lowest BCUT2D eigenvalue weighted by molar-refractivity contribution is -0.138. The minimum atomic E-state index is -4.39. The fourth-order valence-corrected chi connectivity index (χ4v) is 4.99. The smallest absolute Gasteiger partial charge is 0.371 e. The van der Waals surface area contributed by atoms with Gasteiger partial charge in [-0.25, -0.2) is 0 Å². The SMILES string of the molecule is Cc1c([C@@H](C)Nc2nnc(C)c3ccc(N4CCC(C)(N(C)C)CC4)cc23)cccc1C(F)(F)F.Cl. The van der Waals surface area contributed by atoms with Crippen molar-refractivity contribution >= 4 is 34.7 Å². The van der Waals surface area contributed by atoms with Crippen molar-refractivity contribution in [3.8, 4) is 0 Å². The lowest BCUT2D eigenvalue weighted by atomic mass is 9.88. The Morgan fingerprint density at radius 1 is 1.03 bits per heavy atom. The van der Waals surface area contributed by atoms with Gasteiger partial charge in [-0.05, 0) is 84.0 Å². The molecule has 0 radical (unpaired) electrons. The molecule has 2 heterocycles. The van der Waals surface area contributed by atoms with E-state index in [9.17, 15) is 13.2 Å². The Labute approximate surface area is 217 Å². The van der Waals surface area contributed by atoms with Crippen molar-refractivity contribution < 1.29 is 13.2 Å². The Morgan fingerprint density at radius 3 is 2.31 bits per heavy atom. The molecule has 5 nitrogen and oxygen atoms in total. The summed E-state index contributed by atoms with van der Waals surface area (Å²) < 4.78 is 40.3. The van der Waals surface area contributed by atoms with Gasteiger partial charge in [0, 0.05) is 35.1 Å². The van der Waals surface area contributed by atoms with E-state index in [1.165, 1.54) is 13.0 Å². The fourth-order valence-electron chi connectivity index (χ4n) is 4.99. The van der Waals surface area contributed by atoms with Crippen LogP contribution in [0.4, 0.5) is 24.7 Å². The van der Waals surface area contributed by atoms with E-state index in [4.69, 9.17) is 0 Å². The van der Waals surface area contributed by atoms with Crippen molar-refractivity contribution in [1.82, 2.24) is 15.1 Å². The standard InChI is InChI=1S/C27H34F3N5.ClH/c1-17-21(8-7-9-24(17)27(28,29)30)18(2)31-25-23-16-20(10-11-22(23)19(3)32-33-25)35-14-12-26(4,13-15-35)34(5)6;/h7-11,16,18H,12-15H2,1-6H3,(H,31,33);1H/t18-;/m1./s1. The Kier molecular flexibility index (Phi) is 8.10. The second-order valence-electron chi connectivity index (χ2n) is 10.1. The van der Waals surface area contributed by atoms with Crippen LogP contribution in [0.3, 0.4) is 0 Å². The second kappa shape index (κ2) is 10.4. The zero-order chi connectivity index (χ0) is 25.5. The number of aryl methyl sites for hydroxylation is 1. The molecule has 1 saturated heterocycles. The number of hydrogen-bond acceptors (Lipinski definition) is 5. The van der Waals surface area contributed by atoms with Crippen molar-refractivity contribution in [3.05, 3.63) is 58.8 Å². The van der Waals surface area contributed by atoms with Gasteiger partial charge in [-0.1, -0.05) is 18.2 Å². The van der Waals surface area contributed by atoms with Gasteiger partial charge in [-0.2, -0.15) is 18.3 Å². The Bertz CT molecular complexity index is 1220. The highest BCUT2D eigenvalue weighted by Gasteiger charge is 2.34. The summed E-state index contributed by atoms with van der Waals surface area (Å²) in [5.74, 6) is 0.576. The summed E-state index contributed by atoms with van der Waals surface area (Å²) >= 11 is 0. The summed E-state index contributed by atoms with van der Waals surface area (Å²) in [6, 6.07) is 10.3. The molecule has 1 fully saturated rings. The molecule has 4 rings (SSSR count). The molecule has 36 heavy (non-hydrogen) atoms. The van der Waals surface area contributed by atoms with Crippen molar-refractivity contribution in [2.24, 2.45) is 0 Å². The lowest BCUT2D eigenvalue weighted by Gasteiger charge is -2.44. The summed E-state index contributed by atoms with van der Waals surface area (Å²) in [5, 5.41) is 13.9. The van der Waals surface area contributed by atoms with Crippen LogP contribution < -0.4 is 10.2 Å². The van der Waals surface area contributed by atoms with E-state index in [2.05, 4.69) is 64.5 Å². The third-order valence-corrected chi connectivity index (χ3v) is 7.73. The maximum Gasteiger partial charge on any atom is 0.416 e. The number of hydrogen-bond donors (Lipinski definition) is 1. The van der Waals surface area contributed by atoms with Gasteiger partial charge in [-0.15, -0.1) is 17.5 Å². The van der Waals surface area contributed by atoms with Gasteiger partial charge in [-0.3, -0.25) is 0 Å². The largest absolute Gasteiger partial charge is 0.416 e. The van der Waals surface area contributed by atoms with Gasteiger partial charge in [0.05, 0.1) is 17.3 Å². The van der Waals surface area contributed by atoms with E-state index in [0.29, 0.717) is 11.4 Å². The number of aromatic nitrogens is 2. The lowest BCUT2D eigenvalue weighted by Crippen LogP contribution is -2.50. The van der Waals surface area contributed by atoms with Gasteiger partial charge >= 0.3 is 6.18 Å². The summed E-state index contributed by atoms with van der Waals surface area (Å²) in [5.41, 5.74) is 2.34. The van der Waals surface area contributed by atoms with E-state index >= 15 is 0 Å². The summed E-state index contributed by atoms with van der Waals surface area (Å²) in [6.45, 7) is 9.52. The second-order valence-corrected chi connectivity index (χ2v) is 10.1. The van der Waals surface area contributed by atoms with Gasteiger partial charge in [0.2, 0.25) is 0 Å². The van der Waals surface area contributed by atoms with Gasteiger partial charge in [0.15, 0.2) is 5.82 Å². The van der Waals surface area contributed by atoms with Gasteiger partial charge in [0.25, 0.3) is 0 Å². The van der Waals surface area contributed by atoms with Crippen LogP contribution in [0.25, 0.3) is 10.8 Å². The molecule has 1 N–H and O–H groups in total. The molecule has 1 aromatic heterocycles. The topological polar surface area (TPSA) is 44.3 Å². The number of nitrogens with zero attached hydrogens (tertiary/aromatic N) is 4. The van der Waals surface area contributed by atoms with Crippen LogP contribution in [0.5, 0.6) is 0 Å². The van der Waals surface area contributed by atoms with Crippen molar-refractivity contribution in [3.63, 3.8) is 0 Å². The molecule has 0 spiro atoms. The molecule has 2 aromatic carbocycles. The zero-order valence-electron chi connectivity index (χ0n) is 21.7. The van der Waals surface area contributed by atoms with Crippen molar-refractivity contribution in [2.45, 2.75) is 58.3 Å². The van der Waals surface area contributed by atoms with Crippen LogP contribution in [-0.2, 0) is 6.18 Å². The maximum absolute atomic E-state index is 13.4. The quantitative estimate of drug-likeness (QED) is 0.401. The number of nitrogens with one attached hydrogen (secondary N) is 1. The Hall–Kier alpha value is -2.58. The number of benzene rings is 2. The molecular formula is C27H35ClF3N5. The first-order chi connectivity index (χ1) is 16.4. The predicted octanol–water partition coefficient (Wildman–Crippen LogP) is 6.78. The average molecular weight is 522 g/mol. The normalized spacial score (nSPS) is 16.7. The van der Waals surface area contributed by atoms with E-state index in [0.717, 1.165) is 54.2 Å². The fraction of sp³-hybridized carbons (Fsp3) is 0.481. The maximum atomic E-state index is 13.4. The highest BCUT2D eigenvalue weighted by molar-refractivity contribution is 5.95. The number of rotatable bonds is 5. The number of piperidine rings is 1.